The van der Waals surface area contributed by atoms with Gasteiger partial charge in [-0.25, -0.2) is 0 Å². The maximum absolute atomic E-state index is 5.74. The summed E-state index contributed by atoms with van der Waals surface area (Å²) in [7, 11) is 0. The summed E-state index contributed by atoms with van der Waals surface area (Å²) in [4.78, 5) is 0. The Labute approximate surface area is 106 Å². The van der Waals surface area contributed by atoms with Crippen LogP contribution in [0.5, 0.6) is 0 Å². The Hall–Kier alpha value is -0.860. The maximum atomic E-state index is 5.74. The monoisotopic (exact) mass is 234 g/mol. The third-order valence-electron chi connectivity index (χ3n) is 3.74. The highest BCUT2D eigenvalue weighted by Gasteiger charge is 2.16. The topological polar surface area (TPSA) is 38.0 Å². The standard InChI is InChI=1S/C15H26N2/c1-4-12(5-2)11-15(17-16)14-10-8-7-9-13(14)6-3/h7-10,12,15,17H,4-6,11,16H2,1-3H3. The van der Waals surface area contributed by atoms with Crippen LogP contribution in [-0.2, 0) is 6.42 Å². The van der Waals surface area contributed by atoms with Gasteiger partial charge in [0.2, 0.25) is 0 Å². The van der Waals surface area contributed by atoms with Crippen molar-refractivity contribution >= 4 is 0 Å². The second-order valence-electron chi connectivity index (χ2n) is 4.69. The summed E-state index contributed by atoms with van der Waals surface area (Å²) in [5.41, 5.74) is 5.76. The summed E-state index contributed by atoms with van der Waals surface area (Å²) in [5.74, 6) is 6.49. The van der Waals surface area contributed by atoms with E-state index in [-0.39, 0.29) is 6.04 Å². The van der Waals surface area contributed by atoms with Crippen molar-refractivity contribution in [2.75, 3.05) is 0 Å². The van der Waals surface area contributed by atoms with Gasteiger partial charge in [-0.1, -0.05) is 57.9 Å². The van der Waals surface area contributed by atoms with E-state index in [4.69, 9.17) is 5.84 Å². The number of nitrogens with two attached hydrogens (primary N) is 1. The van der Waals surface area contributed by atoms with Crippen LogP contribution < -0.4 is 11.3 Å². The molecule has 96 valence electrons. The van der Waals surface area contributed by atoms with Crippen LogP contribution in [0.1, 0.15) is 57.2 Å². The van der Waals surface area contributed by atoms with E-state index in [2.05, 4.69) is 50.5 Å². The van der Waals surface area contributed by atoms with Crippen molar-refractivity contribution in [3.63, 3.8) is 0 Å². The van der Waals surface area contributed by atoms with Gasteiger partial charge in [-0.05, 0) is 29.9 Å². The third kappa shape index (κ3) is 3.83. The van der Waals surface area contributed by atoms with Gasteiger partial charge in [-0.15, -0.1) is 0 Å². The highest BCUT2D eigenvalue weighted by atomic mass is 15.2. The number of hydrazine groups is 1. The number of hydrogen-bond donors (Lipinski definition) is 2. The van der Waals surface area contributed by atoms with Crippen molar-refractivity contribution in [2.45, 2.75) is 52.5 Å². The van der Waals surface area contributed by atoms with E-state index >= 15 is 0 Å². The van der Waals surface area contributed by atoms with Gasteiger partial charge in [0.05, 0.1) is 0 Å². The summed E-state index contributed by atoms with van der Waals surface area (Å²) in [6.45, 7) is 6.71. The Morgan fingerprint density at radius 3 is 2.29 bits per heavy atom. The normalized spacial score (nSPS) is 13.0. The molecule has 1 aromatic carbocycles. The molecule has 0 spiro atoms. The molecular weight excluding hydrogens is 208 g/mol. The zero-order valence-electron chi connectivity index (χ0n) is 11.4. The first-order valence-electron chi connectivity index (χ1n) is 6.80. The minimum Gasteiger partial charge on any atom is -0.271 e. The summed E-state index contributed by atoms with van der Waals surface area (Å²) >= 11 is 0. The van der Waals surface area contributed by atoms with Crippen LogP contribution in [0.3, 0.4) is 0 Å². The van der Waals surface area contributed by atoms with E-state index in [1.165, 1.54) is 24.0 Å². The van der Waals surface area contributed by atoms with Gasteiger partial charge in [-0.3, -0.25) is 11.3 Å². The first-order chi connectivity index (χ1) is 8.26. The van der Waals surface area contributed by atoms with E-state index in [1.54, 1.807) is 0 Å². The largest absolute Gasteiger partial charge is 0.271 e. The molecule has 17 heavy (non-hydrogen) atoms. The molecule has 1 rings (SSSR count). The minimum absolute atomic E-state index is 0.288. The van der Waals surface area contributed by atoms with E-state index < -0.39 is 0 Å². The van der Waals surface area contributed by atoms with Crippen LogP contribution in [0.4, 0.5) is 0 Å². The molecule has 0 saturated heterocycles. The number of nitrogens with one attached hydrogen (secondary N) is 1. The van der Waals surface area contributed by atoms with E-state index in [0.29, 0.717) is 0 Å². The highest BCUT2D eigenvalue weighted by Crippen LogP contribution is 2.27. The predicted octanol–water partition coefficient (Wildman–Crippen LogP) is 3.58. The summed E-state index contributed by atoms with van der Waals surface area (Å²) < 4.78 is 0. The zero-order valence-corrected chi connectivity index (χ0v) is 11.4. The zero-order chi connectivity index (χ0) is 12.7. The number of rotatable bonds is 7. The van der Waals surface area contributed by atoms with Crippen molar-refractivity contribution in [3.8, 4) is 0 Å². The van der Waals surface area contributed by atoms with Crippen LogP contribution in [0.25, 0.3) is 0 Å². The lowest BCUT2D eigenvalue weighted by Gasteiger charge is -2.23. The number of aryl methyl sites for hydroxylation is 1. The van der Waals surface area contributed by atoms with Gasteiger partial charge in [0.15, 0.2) is 0 Å². The molecule has 0 aliphatic rings. The quantitative estimate of drug-likeness (QED) is 0.559. The second-order valence-corrected chi connectivity index (χ2v) is 4.69. The molecule has 0 aromatic heterocycles. The molecule has 0 radical (unpaired) electrons. The average molecular weight is 234 g/mol. The van der Waals surface area contributed by atoms with Crippen LogP contribution in [0.15, 0.2) is 24.3 Å². The van der Waals surface area contributed by atoms with E-state index in [0.717, 1.165) is 18.8 Å². The molecule has 0 heterocycles. The van der Waals surface area contributed by atoms with Gasteiger partial charge in [-0.2, -0.15) is 0 Å². The smallest absolute Gasteiger partial charge is 0.0465 e. The lowest BCUT2D eigenvalue weighted by Crippen LogP contribution is -2.30. The Balaban J connectivity index is 2.85. The van der Waals surface area contributed by atoms with E-state index in [9.17, 15) is 0 Å². The Morgan fingerprint density at radius 2 is 1.76 bits per heavy atom. The fraction of sp³-hybridized carbons (Fsp3) is 0.600. The van der Waals surface area contributed by atoms with Crippen molar-refractivity contribution in [3.05, 3.63) is 35.4 Å². The fourth-order valence-electron chi connectivity index (χ4n) is 2.44. The molecule has 3 N–H and O–H groups in total. The summed E-state index contributed by atoms with van der Waals surface area (Å²) in [5, 5.41) is 0. The molecule has 1 atom stereocenters. The van der Waals surface area contributed by atoms with Crippen molar-refractivity contribution in [1.29, 1.82) is 0 Å². The Bertz CT molecular complexity index is 318. The van der Waals surface area contributed by atoms with Crippen LogP contribution >= 0.6 is 0 Å². The molecule has 0 amide bonds. The number of benzene rings is 1. The molecule has 2 heteroatoms. The summed E-state index contributed by atoms with van der Waals surface area (Å²) in [6.07, 6.45) is 4.64. The summed E-state index contributed by atoms with van der Waals surface area (Å²) in [6, 6.07) is 8.90. The van der Waals surface area contributed by atoms with Gasteiger partial charge in [0.1, 0.15) is 0 Å². The third-order valence-corrected chi connectivity index (χ3v) is 3.74. The van der Waals surface area contributed by atoms with Crippen LogP contribution in [0.2, 0.25) is 0 Å². The average Bonchev–Trinajstić information content (AvgIpc) is 2.40. The van der Waals surface area contributed by atoms with Gasteiger partial charge >= 0.3 is 0 Å². The lowest BCUT2D eigenvalue weighted by molar-refractivity contribution is 0.374. The van der Waals surface area contributed by atoms with Gasteiger partial charge < -0.3 is 0 Å². The van der Waals surface area contributed by atoms with E-state index in [1.807, 2.05) is 0 Å². The van der Waals surface area contributed by atoms with Crippen molar-refractivity contribution in [2.24, 2.45) is 11.8 Å². The maximum Gasteiger partial charge on any atom is 0.0465 e. The van der Waals surface area contributed by atoms with Crippen molar-refractivity contribution < 1.29 is 0 Å². The van der Waals surface area contributed by atoms with Crippen molar-refractivity contribution in [1.82, 2.24) is 5.43 Å². The predicted molar refractivity (Wildman–Crippen MR) is 74.6 cm³/mol. The first-order valence-corrected chi connectivity index (χ1v) is 6.80. The Kier molecular flexibility index (Phi) is 6.23. The second kappa shape index (κ2) is 7.46. The molecule has 1 unspecified atom stereocenters. The molecule has 0 aliphatic heterocycles. The van der Waals surface area contributed by atoms with Crippen LogP contribution in [-0.4, -0.2) is 0 Å². The molecule has 0 aliphatic carbocycles. The molecule has 0 saturated carbocycles. The Morgan fingerprint density at radius 1 is 1.12 bits per heavy atom. The molecule has 2 nitrogen and oxygen atoms in total. The molecular formula is C15H26N2. The van der Waals surface area contributed by atoms with Gasteiger partial charge in [0, 0.05) is 6.04 Å². The minimum atomic E-state index is 0.288. The SMILES string of the molecule is CCc1ccccc1C(CC(CC)CC)NN. The lowest BCUT2D eigenvalue weighted by atomic mass is 9.89. The number of hydrogen-bond acceptors (Lipinski definition) is 2. The molecule has 0 fully saturated rings. The van der Waals surface area contributed by atoms with Crippen LogP contribution in [0, 0.1) is 5.92 Å². The fourth-order valence-corrected chi connectivity index (χ4v) is 2.44. The van der Waals surface area contributed by atoms with Gasteiger partial charge in [0.25, 0.3) is 0 Å². The highest BCUT2D eigenvalue weighted by molar-refractivity contribution is 5.30. The molecule has 1 aromatic rings. The first kappa shape index (κ1) is 14.2. The molecule has 0 bridgehead atoms.